The third kappa shape index (κ3) is 6.79. The van der Waals surface area contributed by atoms with Crippen molar-refractivity contribution in [2.24, 2.45) is 0 Å². The lowest BCUT2D eigenvalue weighted by molar-refractivity contribution is 0.0499. The number of carbonyl (C=O) groups is 2. The van der Waals surface area contributed by atoms with Crippen molar-refractivity contribution in [3.05, 3.63) is 59.7 Å². The Balaban J connectivity index is 1.94. The summed E-state index contributed by atoms with van der Waals surface area (Å²) < 4.78 is 10.4. The maximum atomic E-state index is 12.8. The van der Waals surface area contributed by atoms with Gasteiger partial charge >= 0.3 is 12.0 Å². The topological polar surface area (TPSA) is 67.9 Å². The molecule has 6 heteroatoms. The second-order valence-corrected chi connectivity index (χ2v) is 7.18. The van der Waals surface area contributed by atoms with Crippen molar-refractivity contribution in [3.63, 3.8) is 0 Å². The van der Waals surface area contributed by atoms with Crippen molar-refractivity contribution in [1.82, 2.24) is 4.90 Å². The highest BCUT2D eigenvalue weighted by atomic mass is 16.5. The van der Waals surface area contributed by atoms with Crippen LogP contribution in [-0.2, 0) is 11.2 Å². The number of hydrogen-bond acceptors (Lipinski definition) is 4. The lowest BCUT2D eigenvalue weighted by atomic mass is 10.1. The van der Waals surface area contributed by atoms with Crippen molar-refractivity contribution >= 4 is 17.7 Å². The fourth-order valence-electron chi connectivity index (χ4n) is 3.15. The standard InChI is InChI=1S/C24H32N2O4/c1-5-7-16-30-23(27)20-10-12-21(13-11-20)25-24(28)26(6-2)18(3)17-19-8-14-22(29-4)15-9-19/h8-15,18H,5-7,16-17H2,1-4H3,(H,25,28). The summed E-state index contributed by atoms with van der Waals surface area (Å²) in [5, 5.41) is 2.91. The van der Waals surface area contributed by atoms with E-state index in [1.54, 1.807) is 36.3 Å². The largest absolute Gasteiger partial charge is 0.497 e. The number of nitrogens with zero attached hydrogens (tertiary/aromatic N) is 1. The van der Waals surface area contributed by atoms with Gasteiger partial charge in [0.15, 0.2) is 0 Å². The molecule has 0 saturated carbocycles. The Morgan fingerprint density at radius 2 is 1.70 bits per heavy atom. The Morgan fingerprint density at radius 3 is 2.27 bits per heavy atom. The van der Waals surface area contributed by atoms with Crippen molar-refractivity contribution in [3.8, 4) is 5.75 Å². The Morgan fingerprint density at radius 1 is 1.03 bits per heavy atom. The molecule has 2 amide bonds. The maximum Gasteiger partial charge on any atom is 0.338 e. The summed E-state index contributed by atoms with van der Waals surface area (Å²) in [5.74, 6) is 0.471. The summed E-state index contributed by atoms with van der Waals surface area (Å²) >= 11 is 0. The van der Waals surface area contributed by atoms with Gasteiger partial charge in [0.05, 0.1) is 19.3 Å². The molecule has 1 atom stereocenters. The molecule has 1 N–H and O–H groups in total. The number of ether oxygens (including phenoxy) is 2. The molecule has 162 valence electrons. The number of nitrogens with one attached hydrogen (secondary N) is 1. The van der Waals surface area contributed by atoms with Gasteiger partial charge < -0.3 is 19.7 Å². The van der Waals surface area contributed by atoms with E-state index in [1.807, 2.05) is 45.0 Å². The first-order chi connectivity index (χ1) is 14.5. The van der Waals surface area contributed by atoms with Crippen molar-refractivity contribution in [1.29, 1.82) is 0 Å². The highest BCUT2D eigenvalue weighted by Crippen LogP contribution is 2.16. The van der Waals surface area contributed by atoms with E-state index < -0.39 is 0 Å². The molecule has 0 saturated heterocycles. The fraction of sp³-hybridized carbons (Fsp3) is 0.417. The minimum atomic E-state index is -0.343. The molecule has 0 aromatic heterocycles. The number of urea groups is 1. The molecule has 30 heavy (non-hydrogen) atoms. The lowest BCUT2D eigenvalue weighted by Gasteiger charge is -2.28. The highest BCUT2D eigenvalue weighted by molar-refractivity contribution is 5.92. The zero-order valence-electron chi connectivity index (χ0n) is 18.3. The normalized spacial score (nSPS) is 11.5. The van der Waals surface area contributed by atoms with E-state index in [-0.39, 0.29) is 18.0 Å². The first kappa shape index (κ1) is 23.3. The summed E-state index contributed by atoms with van der Waals surface area (Å²) in [6.07, 6.45) is 2.57. The zero-order chi connectivity index (χ0) is 21.9. The number of amides is 2. The number of anilines is 1. The van der Waals surface area contributed by atoms with Gasteiger partial charge in [-0.15, -0.1) is 0 Å². The van der Waals surface area contributed by atoms with Crippen LogP contribution in [0.5, 0.6) is 5.75 Å². The summed E-state index contributed by atoms with van der Waals surface area (Å²) in [6, 6.07) is 14.5. The van der Waals surface area contributed by atoms with Crippen LogP contribution in [0.3, 0.4) is 0 Å². The molecule has 0 bridgehead atoms. The van der Waals surface area contributed by atoms with Crippen LogP contribution in [0.1, 0.15) is 49.5 Å². The molecule has 2 rings (SSSR count). The second kappa shape index (κ2) is 11.9. The molecule has 0 aliphatic rings. The molecule has 0 heterocycles. The van der Waals surface area contributed by atoms with E-state index in [0.29, 0.717) is 24.4 Å². The molecule has 0 spiro atoms. The number of hydrogen-bond donors (Lipinski definition) is 1. The van der Waals surface area contributed by atoms with Gasteiger partial charge in [0, 0.05) is 18.3 Å². The smallest absolute Gasteiger partial charge is 0.338 e. The molecule has 1 unspecified atom stereocenters. The number of benzene rings is 2. The minimum absolute atomic E-state index is 0.0243. The van der Waals surface area contributed by atoms with Gasteiger partial charge in [-0.3, -0.25) is 0 Å². The van der Waals surface area contributed by atoms with Crippen molar-refractivity contribution in [2.45, 2.75) is 46.1 Å². The molecule has 0 fully saturated rings. The molecule has 0 aliphatic heterocycles. The average molecular weight is 413 g/mol. The van der Waals surface area contributed by atoms with Crippen molar-refractivity contribution in [2.75, 3.05) is 25.6 Å². The molecule has 6 nitrogen and oxygen atoms in total. The summed E-state index contributed by atoms with van der Waals surface area (Å²) in [5.41, 5.74) is 2.25. The predicted octanol–water partition coefficient (Wildman–Crippen LogP) is 5.14. The van der Waals surface area contributed by atoms with Gasteiger partial charge in [-0.2, -0.15) is 0 Å². The van der Waals surface area contributed by atoms with E-state index in [4.69, 9.17) is 9.47 Å². The lowest BCUT2D eigenvalue weighted by Crippen LogP contribution is -2.42. The van der Waals surface area contributed by atoms with Crippen LogP contribution >= 0.6 is 0 Å². The third-order valence-corrected chi connectivity index (χ3v) is 4.93. The van der Waals surface area contributed by atoms with Crippen LogP contribution < -0.4 is 10.1 Å². The second-order valence-electron chi connectivity index (χ2n) is 7.18. The van der Waals surface area contributed by atoms with Gasteiger partial charge in [-0.05, 0) is 68.7 Å². The van der Waals surface area contributed by atoms with E-state index >= 15 is 0 Å². The first-order valence-corrected chi connectivity index (χ1v) is 10.5. The quantitative estimate of drug-likeness (QED) is 0.433. The van der Waals surface area contributed by atoms with E-state index in [1.165, 1.54) is 0 Å². The summed E-state index contributed by atoms with van der Waals surface area (Å²) in [4.78, 5) is 26.5. The molecule has 0 aliphatic carbocycles. The SMILES string of the molecule is CCCCOC(=O)c1ccc(NC(=O)N(CC)C(C)Cc2ccc(OC)cc2)cc1. The van der Waals surface area contributed by atoms with Crippen LogP contribution in [0.15, 0.2) is 48.5 Å². The van der Waals surface area contributed by atoms with E-state index in [0.717, 1.165) is 30.6 Å². The predicted molar refractivity (Wildman–Crippen MR) is 119 cm³/mol. The van der Waals surface area contributed by atoms with Gasteiger partial charge in [-0.25, -0.2) is 9.59 Å². The van der Waals surface area contributed by atoms with Gasteiger partial charge in [0.2, 0.25) is 0 Å². The average Bonchev–Trinajstić information content (AvgIpc) is 2.75. The van der Waals surface area contributed by atoms with Gasteiger partial charge in [0.1, 0.15) is 5.75 Å². The minimum Gasteiger partial charge on any atom is -0.497 e. The maximum absolute atomic E-state index is 12.8. The zero-order valence-corrected chi connectivity index (χ0v) is 18.3. The van der Waals surface area contributed by atoms with E-state index in [2.05, 4.69) is 5.32 Å². The first-order valence-electron chi connectivity index (χ1n) is 10.5. The van der Waals surface area contributed by atoms with Crippen molar-refractivity contribution < 1.29 is 19.1 Å². The Bertz CT molecular complexity index is 803. The Hall–Kier alpha value is -3.02. The Labute approximate surface area is 179 Å². The molecule has 0 radical (unpaired) electrons. The van der Waals surface area contributed by atoms with Crippen LogP contribution in [0.4, 0.5) is 10.5 Å². The summed E-state index contributed by atoms with van der Waals surface area (Å²) in [6.45, 7) is 7.04. The van der Waals surface area contributed by atoms with Crippen LogP contribution in [-0.4, -0.2) is 43.2 Å². The third-order valence-electron chi connectivity index (χ3n) is 4.93. The van der Waals surface area contributed by atoms with Crippen LogP contribution in [0.2, 0.25) is 0 Å². The van der Waals surface area contributed by atoms with Gasteiger partial charge in [-0.1, -0.05) is 25.5 Å². The van der Waals surface area contributed by atoms with Gasteiger partial charge in [0.25, 0.3) is 0 Å². The number of methoxy groups -OCH3 is 1. The van der Waals surface area contributed by atoms with E-state index in [9.17, 15) is 9.59 Å². The van der Waals surface area contributed by atoms with Crippen LogP contribution in [0.25, 0.3) is 0 Å². The highest BCUT2D eigenvalue weighted by Gasteiger charge is 2.19. The monoisotopic (exact) mass is 412 g/mol. The number of likely N-dealkylation sites (N-methyl/N-ethyl adjacent to an activating group) is 1. The number of carbonyl (C=O) groups excluding carboxylic acids is 2. The number of esters is 1. The fourth-order valence-corrected chi connectivity index (χ4v) is 3.15. The summed E-state index contributed by atoms with van der Waals surface area (Å²) in [7, 11) is 1.64. The molecule has 2 aromatic carbocycles. The molecular weight excluding hydrogens is 380 g/mol. The molecular formula is C24H32N2O4. The number of unbranched alkanes of at least 4 members (excludes halogenated alkanes) is 1. The molecule has 2 aromatic rings. The van der Waals surface area contributed by atoms with Crippen LogP contribution in [0, 0.1) is 0 Å². The Kier molecular flexibility index (Phi) is 9.19. The number of rotatable bonds is 10.